The number of ether oxygens (including phenoxy) is 1. The number of anilines is 1. The third-order valence-electron chi connectivity index (χ3n) is 7.54. The van der Waals surface area contributed by atoms with E-state index in [-0.39, 0.29) is 17.9 Å². The molecule has 0 bridgehead atoms. The van der Waals surface area contributed by atoms with Crippen molar-refractivity contribution in [1.29, 1.82) is 0 Å². The second kappa shape index (κ2) is 9.16. The van der Waals surface area contributed by atoms with Gasteiger partial charge in [-0.05, 0) is 48.4 Å². The van der Waals surface area contributed by atoms with Gasteiger partial charge in [0.25, 0.3) is 0 Å². The van der Waals surface area contributed by atoms with Gasteiger partial charge in [-0.2, -0.15) is 0 Å². The van der Waals surface area contributed by atoms with E-state index in [1.165, 1.54) is 0 Å². The van der Waals surface area contributed by atoms with Gasteiger partial charge in [0.2, 0.25) is 5.91 Å². The number of aliphatic hydroxyl groups is 1. The van der Waals surface area contributed by atoms with Crippen LogP contribution in [0.4, 0.5) is 5.69 Å². The molecule has 5 rings (SSSR count). The quantitative estimate of drug-likeness (QED) is 0.571. The Kier molecular flexibility index (Phi) is 6.09. The van der Waals surface area contributed by atoms with Crippen molar-refractivity contribution in [3.05, 3.63) is 72.3 Å². The first-order chi connectivity index (χ1) is 16.1. The number of carbonyl (C=O) groups is 1. The van der Waals surface area contributed by atoms with E-state index in [0.29, 0.717) is 19.5 Å². The number of nitrogens with one attached hydrogen (secondary N) is 1. The van der Waals surface area contributed by atoms with Crippen LogP contribution < -0.4 is 10.1 Å². The van der Waals surface area contributed by atoms with Crippen LogP contribution in [0.15, 0.2) is 66.7 Å². The molecule has 3 aromatic rings. The maximum absolute atomic E-state index is 13.2. The lowest BCUT2D eigenvalue weighted by Gasteiger charge is -2.52. The van der Waals surface area contributed by atoms with Gasteiger partial charge in [-0.25, -0.2) is 0 Å². The summed E-state index contributed by atoms with van der Waals surface area (Å²) in [4.78, 5) is 15.5. The van der Waals surface area contributed by atoms with Crippen LogP contribution in [0.3, 0.4) is 0 Å². The Labute approximate surface area is 195 Å². The van der Waals surface area contributed by atoms with Crippen LogP contribution in [-0.2, 0) is 4.79 Å². The topological polar surface area (TPSA) is 61.8 Å². The molecule has 3 atom stereocenters. The Bertz CT molecular complexity index is 1120. The largest absolute Gasteiger partial charge is 0.497 e. The first-order valence-corrected chi connectivity index (χ1v) is 12.0. The van der Waals surface area contributed by atoms with Crippen LogP contribution in [0, 0.1) is 5.92 Å². The van der Waals surface area contributed by atoms with Gasteiger partial charge in [-0.3, -0.25) is 9.69 Å². The fraction of sp³-hybridized carbons (Fsp3) is 0.393. The van der Waals surface area contributed by atoms with Crippen molar-refractivity contribution in [3.63, 3.8) is 0 Å². The molecule has 2 aliphatic rings. The van der Waals surface area contributed by atoms with E-state index in [4.69, 9.17) is 4.74 Å². The first-order valence-electron chi connectivity index (χ1n) is 12.0. The minimum atomic E-state index is -0.647. The third kappa shape index (κ3) is 4.35. The number of benzene rings is 3. The summed E-state index contributed by atoms with van der Waals surface area (Å²) < 4.78 is 5.35. The molecular formula is C28H32N2O3. The number of rotatable bonds is 5. The average Bonchev–Trinajstić information content (AvgIpc) is 2.84. The molecule has 0 spiro atoms. The summed E-state index contributed by atoms with van der Waals surface area (Å²) in [6.45, 7) is 0.999. The van der Waals surface area contributed by atoms with E-state index in [1.54, 1.807) is 7.11 Å². The molecule has 1 saturated carbocycles. The van der Waals surface area contributed by atoms with E-state index in [1.807, 2.05) is 42.5 Å². The lowest BCUT2D eigenvalue weighted by Crippen LogP contribution is -2.56. The van der Waals surface area contributed by atoms with Gasteiger partial charge in [-0.15, -0.1) is 0 Å². The van der Waals surface area contributed by atoms with Crippen LogP contribution in [0.2, 0.25) is 0 Å². The van der Waals surface area contributed by atoms with E-state index in [0.717, 1.165) is 53.5 Å². The smallest absolute Gasteiger partial charge is 0.238 e. The Morgan fingerprint density at radius 1 is 1.06 bits per heavy atom. The molecule has 2 N–H and O–H groups in total. The number of amides is 1. The number of nitrogens with zero attached hydrogens (tertiary/aromatic N) is 1. The Morgan fingerprint density at radius 3 is 2.67 bits per heavy atom. The summed E-state index contributed by atoms with van der Waals surface area (Å²) in [6.07, 6.45) is 4.74. The molecular weight excluding hydrogens is 412 g/mol. The fourth-order valence-corrected chi connectivity index (χ4v) is 5.87. The average molecular weight is 445 g/mol. The molecule has 0 radical (unpaired) electrons. The Balaban J connectivity index is 1.40. The van der Waals surface area contributed by atoms with Crippen LogP contribution in [-0.4, -0.2) is 41.7 Å². The number of likely N-dealkylation sites (tertiary alicyclic amines) is 1. The van der Waals surface area contributed by atoms with Crippen molar-refractivity contribution >= 4 is 22.4 Å². The molecule has 2 fully saturated rings. The van der Waals surface area contributed by atoms with Gasteiger partial charge in [0, 0.05) is 29.6 Å². The summed E-state index contributed by atoms with van der Waals surface area (Å²) in [5, 5.41) is 16.8. The highest BCUT2D eigenvalue weighted by atomic mass is 16.5. The van der Waals surface area contributed by atoms with Gasteiger partial charge in [0.15, 0.2) is 0 Å². The minimum absolute atomic E-state index is 0.00761. The number of piperidine rings is 1. The van der Waals surface area contributed by atoms with Gasteiger partial charge in [-0.1, -0.05) is 61.4 Å². The summed E-state index contributed by atoms with van der Waals surface area (Å²) in [6, 6.07) is 22.2. The fourth-order valence-electron chi connectivity index (χ4n) is 5.87. The molecule has 1 aliphatic carbocycles. The standard InChI is InChI=1S/C28H32N2O3/c1-33-22-14-12-21(13-15-22)27-24-10-4-5-16-28(24,32)17-18-30(27)19-26(31)29-25-11-6-8-20-7-2-3-9-23(20)25/h2-3,6-9,11-15,24,27,32H,4-5,10,16-19H2,1H3,(H,29,31)/t24-,27+,28-/m1/s1. The summed E-state index contributed by atoms with van der Waals surface area (Å²) >= 11 is 0. The van der Waals surface area contributed by atoms with Crippen LogP contribution in [0.5, 0.6) is 5.75 Å². The van der Waals surface area contributed by atoms with Crippen molar-refractivity contribution in [2.75, 3.05) is 25.5 Å². The second-order valence-electron chi connectivity index (χ2n) is 9.47. The highest BCUT2D eigenvalue weighted by molar-refractivity contribution is 6.02. The highest BCUT2D eigenvalue weighted by Crippen LogP contribution is 2.49. The van der Waals surface area contributed by atoms with Gasteiger partial charge >= 0.3 is 0 Å². The number of hydrogen-bond donors (Lipinski definition) is 2. The van der Waals surface area contributed by atoms with Crippen molar-refractivity contribution in [2.45, 2.75) is 43.7 Å². The maximum Gasteiger partial charge on any atom is 0.238 e. The lowest BCUT2D eigenvalue weighted by molar-refractivity contribution is -0.135. The van der Waals surface area contributed by atoms with Crippen LogP contribution in [0.25, 0.3) is 10.8 Å². The van der Waals surface area contributed by atoms with E-state index in [2.05, 4.69) is 34.5 Å². The minimum Gasteiger partial charge on any atom is -0.497 e. The molecule has 5 nitrogen and oxygen atoms in total. The number of hydrogen-bond acceptors (Lipinski definition) is 4. The Morgan fingerprint density at radius 2 is 1.85 bits per heavy atom. The number of carbonyl (C=O) groups excluding carboxylic acids is 1. The van der Waals surface area contributed by atoms with Crippen LogP contribution >= 0.6 is 0 Å². The maximum atomic E-state index is 13.2. The van der Waals surface area contributed by atoms with Gasteiger partial charge in [0.1, 0.15) is 5.75 Å². The molecule has 1 saturated heterocycles. The van der Waals surface area contributed by atoms with Gasteiger partial charge in [0.05, 0.1) is 19.3 Å². The van der Waals surface area contributed by atoms with Crippen molar-refractivity contribution < 1.29 is 14.6 Å². The van der Waals surface area contributed by atoms with E-state index < -0.39 is 5.60 Å². The monoisotopic (exact) mass is 444 g/mol. The zero-order chi connectivity index (χ0) is 22.8. The molecule has 5 heteroatoms. The molecule has 172 valence electrons. The summed E-state index contributed by atoms with van der Waals surface area (Å²) in [7, 11) is 1.67. The molecule has 1 heterocycles. The molecule has 1 amide bonds. The second-order valence-corrected chi connectivity index (χ2v) is 9.47. The third-order valence-corrected chi connectivity index (χ3v) is 7.54. The number of methoxy groups -OCH3 is 1. The normalized spacial score (nSPS) is 25.4. The summed E-state index contributed by atoms with van der Waals surface area (Å²) in [5.74, 6) is 0.915. The molecule has 0 unspecified atom stereocenters. The molecule has 1 aliphatic heterocycles. The van der Waals surface area contributed by atoms with Crippen LogP contribution in [0.1, 0.15) is 43.7 Å². The first kappa shape index (κ1) is 21.9. The lowest BCUT2D eigenvalue weighted by atomic mass is 9.66. The molecule has 33 heavy (non-hydrogen) atoms. The van der Waals surface area contributed by atoms with Crippen molar-refractivity contribution in [3.8, 4) is 5.75 Å². The molecule has 3 aromatic carbocycles. The van der Waals surface area contributed by atoms with Crippen molar-refractivity contribution in [1.82, 2.24) is 4.90 Å². The van der Waals surface area contributed by atoms with E-state index >= 15 is 0 Å². The Hall–Kier alpha value is -2.89. The van der Waals surface area contributed by atoms with Crippen molar-refractivity contribution in [2.24, 2.45) is 5.92 Å². The summed E-state index contributed by atoms with van der Waals surface area (Å²) in [5.41, 5.74) is 1.33. The zero-order valence-electron chi connectivity index (χ0n) is 19.2. The molecule has 0 aromatic heterocycles. The predicted molar refractivity (Wildman–Crippen MR) is 131 cm³/mol. The van der Waals surface area contributed by atoms with Gasteiger partial charge < -0.3 is 15.2 Å². The zero-order valence-corrected chi connectivity index (χ0v) is 19.2. The predicted octanol–water partition coefficient (Wildman–Crippen LogP) is 5.16. The SMILES string of the molecule is COc1ccc([C@H]2[C@H]3CCCC[C@@]3(O)CCN2CC(=O)Nc2cccc3ccccc23)cc1. The van der Waals surface area contributed by atoms with E-state index in [9.17, 15) is 9.90 Å². The highest BCUT2D eigenvalue weighted by Gasteiger charge is 2.49. The number of fused-ring (bicyclic) bond motifs is 2.